The Hall–Kier alpha value is -0.650. The van der Waals surface area contributed by atoms with Gasteiger partial charge >= 0.3 is 0 Å². The minimum Gasteiger partial charge on any atom is -0.383 e. The van der Waals surface area contributed by atoms with Gasteiger partial charge in [-0.2, -0.15) is 0 Å². The van der Waals surface area contributed by atoms with E-state index in [0.29, 0.717) is 25.6 Å². The maximum atomic E-state index is 11.3. The van der Waals surface area contributed by atoms with Gasteiger partial charge in [-0.05, 0) is 18.8 Å². The minimum absolute atomic E-state index is 0.0220. The lowest BCUT2D eigenvalue weighted by atomic mass is 10.0. The number of carbonyl (C=O) groups is 1. The lowest BCUT2D eigenvalue weighted by Crippen LogP contribution is -2.38. The van der Waals surface area contributed by atoms with E-state index < -0.39 is 0 Å². The van der Waals surface area contributed by atoms with Crippen LogP contribution in [0.3, 0.4) is 0 Å². The largest absolute Gasteiger partial charge is 0.383 e. The van der Waals surface area contributed by atoms with Crippen molar-refractivity contribution in [1.29, 1.82) is 0 Å². The van der Waals surface area contributed by atoms with Gasteiger partial charge in [0.05, 0.1) is 19.8 Å². The third-order valence-electron chi connectivity index (χ3n) is 2.60. The van der Waals surface area contributed by atoms with Gasteiger partial charge in [-0.15, -0.1) is 0 Å². The molecule has 0 aromatic carbocycles. The van der Waals surface area contributed by atoms with Crippen molar-refractivity contribution < 1.29 is 14.3 Å². The number of ether oxygens (including phenoxy) is 2. The van der Waals surface area contributed by atoms with Crippen molar-refractivity contribution in [1.82, 2.24) is 10.6 Å². The predicted molar refractivity (Wildman–Crippen MR) is 61.3 cm³/mol. The lowest BCUT2D eigenvalue weighted by Gasteiger charge is -2.22. The highest BCUT2D eigenvalue weighted by molar-refractivity contribution is 5.77. The van der Waals surface area contributed by atoms with Gasteiger partial charge < -0.3 is 20.1 Å². The normalized spacial score (nSPS) is 20.7. The Kier molecular flexibility index (Phi) is 7.12. The van der Waals surface area contributed by atoms with E-state index in [9.17, 15) is 4.79 Å². The Balaban J connectivity index is 1.94. The molecule has 1 unspecified atom stereocenters. The molecule has 5 nitrogen and oxygen atoms in total. The molecule has 0 aromatic heterocycles. The molecular formula is C11H22N2O3. The Labute approximate surface area is 96.9 Å². The summed E-state index contributed by atoms with van der Waals surface area (Å²) in [6.45, 7) is 4.07. The monoisotopic (exact) mass is 230 g/mol. The van der Waals surface area contributed by atoms with Crippen molar-refractivity contribution in [3.63, 3.8) is 0 Å². The highest BCUT2D eigenvalue weighted by Crippen LogP contribution is 2.11. The zero-order valence-electron chi connectivity index (χ0n) is 9.96. The molecule has 0 radical (unpaired) electrons. The van der Waals surface area contributed by atoms with Crippen LogP contribution < -0.4 is 10.6 Å². The molecule has 16 heavy (non-hydrogen) atoms. The van der Waals surface area contributed by atoms with Crippen molar-refractivity contribution in [2.24, 2.45) is 5.92 Å². The van der Waals surface area contributed by atoms with E-state index in [1.54, 1.807) is 7.11 Å². The number of hydrogen-bond acceptors (Lipinski definition) is 4. The number of hydrogen-bond donors (Lipinski definition) is 2. The first-order valence-electron chi connectivity index (χ1n) is 5.87. The molecule has 1 rings (SSSR count). The first-order chi connectivity index (χ1) is 7.83. The summed E-state index contributed by atoms with van der Waals surface area (Å²) in [5.41, 5.74) is 0. The molecule has 0 saturated carbocycles. The quantitative estimate of drug-likeness (QED) is 0.593. The summed E-state index contributed by atoms with van der Waals surface area (Å²) >= 11 is 0. The summed E-state index contributed by atoms with van der Waals surface area (Å²) in [6, 6.07) is 0. The summed E-state index contributed by atoms with van der Waals surface area (Å²) < 4.78 is 10.2. The molecule has 0 bridgehead atoms. The van der Waals surface area contributed by atoms with Crippen LogP contribution in [0.4, 0.5) is 0 Å². The smallest absolute Gasteiger partial charge is 0.234 e. The topological polar surface area (TPSA) is 59.6 Å². The van der Waals surface area contributed by atoms with Gasteiger partial charge in [0.2, 0.25) is 5.91 Å². The molecule has 1 fully saturated rings. The molecule has 1 atom stereocenters. The van der Waals surface area contributed by atoms with E-state index in [-0.39, 0.29) is 5.91 Å². The van der Waals surface area contributed by atoms with E-state index in [4.69, 9.17) is 9.47 Å². The number of methoxy groups -OCH3 is 1. The average Bonchev–Trinajstić information content (AvgIpc) is 2.31. The van der Waals surface area contributed by atoms with Gasteiger partial charge in [0.15, 0.2) is 0 Å². The fourth-order valence-corrected chi connectivity index (χ4v) is 1.71. The SMILES string of the molecule is COCCNC(=O)CNCC1CCCOC1. The van der Waals surface area contributed by atoms with E-state index in [2.05, 4.69) is 10.6 Å². The molecule has 0 spiro atoms. The van der Waals surface area contributed by atoms with Gasteiger partial charge in [-0.1, -0.05) is 0 Å². The maximum Gasteiger partial charge on any atom is 0.234 e. The third kappa shape index (κ3) is 6.05. The van der Waals surface area contributed by atoms with Crippen LogP contribution in [0.25, 0.3) is 0 Å². The Bertz CT molecular complexity index is 194. The average molecular weight is 230 g/mol. The molecule has 0 aromatic rings. The van der Waals surface area contributed by atoms with Crippen LogP contribution >= 0.6 is 0 Å². The minimum atomic E-state index is 0.0220. The summed E-state index contributed by atoms with van der Waals surface area (Å²) in [5, 5.41) is 5.91. The number of rotatable bonds is 7. The molecule has 1 aliphatic rings. The fourth-order valence-electron chi connectivity index (χ4n) is 1.71. The second-order valence-corrected chi connectivity index (χ2v) is 4.06. The molecule has 1 aliphatic heterocycles. The van der Waals surface area contributed by atoms with E-state index in [1.165, 1.54) is 6.42 Å². The number of carbonyl (C=O) groups excluding carboxylic acids is 1. The van der Waals surface area contributed by atoms with Crippen LogP contribution in [0.1, 0.15) is 12.8 Å². The highest BCUT2D eigenvalue weighted by atomic mass is 16.5. The Morgan fingerprint density at radius 1 is 1.56 bits per heavy atom. The summed E-state index contributed by atoms with van der Waals surface area (Å²) in [4.78, 5) is 11.3. The van der Waals surface area contributed by atoms with Crippen LogP contribution in [0.15, 0.2) is 0 Å². The molecule has 5 heteroatoms. The second kappa shape index (κ2) is 8.50. The molecule has 1 heterocycles. The first-order valence-corrected chi connectivity index (χ1v) is 5.87. The Morgan fingerprint density at radius 2 is 2.44 bits per heavy atom. The standard InChI is InChI=1S/C11H22N2O3/c1-15-6-4-13-11(14)8-12-7-10-3-2-5-16-9-10/h10,12H,2-9H2,1H3,(H,13,14). The maximum absolute atomic E-state index is 11.3. The van der Waals surface area contributed by atoms with Crippen LogP contribution in [-0.4, -0.2) is 52.5 Å². The van der Waals surface area contributed by atoms with Gasteiger partial charge in [-0.3, -0.25) is 4.79 Å². The number of amides is 1. The second-order valence-electron chi connectivity index (χ2n) is 4.06. The van der Waals surface area contributed by atoms with Crippen LogP contribution in [-0.2, 0) is 14.3 Å². The van der Waals surface area contributed by atoms with Crippen LogP contribution in [0.5, 0.6) is 0 Å². The van der Waals surface area contributed by atoms with Crippen molar-refractivity contribution in [3.8, 4) is 0 Å². The number of nitrogens with one attached hydrogen (secondary N) is 2. The van der Waals surface area contributed by atoms with Crippen molar-refractivity contribution in [2.45, 2.75) is 12.8 Å². The van der Waals surface area contributed by atoms with E-state index >= 15 is 0 Å². The molecule has 1 saturated heterocycles. The molecular weight excluding hydrogens is 208 g/mol. The van der Waals surface area contributed by atoms with Gasteiger partial charge in [0, 0.05) is 26.8 Å². The first kappa shape index (κ1) is 13.4. The van der Waals surface area contributed by atoms with Crippen molar-refractivity contribution in [2.75, 3.05) is 46.6 Å². The van der Waals surface area contributed by atoms with E-state index in [0.717, 1.165) is 26.2 Å². The summed E-state index contributed by atoms with van der Waals surface area (Å²) in [6.07, 6.45) is 2.32. The van der Waals surface area contributed by atoms with Crippen LogP contribution in [0, 0.1) is 5.92 Å². The third-order valence-corrected chi connectivity index (χ3v) is 2.60. The highest BCUT2D eigenvalue weighted by Gasteiger charge is 2.13. The fraction of sp³-hybridized carbons (Fsp3) is 0.909. The van der Waals surface area contributed by atoms with Crippen molar-refractivity contribution >= 4 is 5.91 Å². The molecule has 1 amide bonds. The van der Waals surface area contributed by atoms with Crippen LogP contribution in [0.2, 0.25) is 0 Å². The zero-order valence-corrected chi connectivity index (χ0v) is 9.96. The molecule has 0 aliphatic carbocycles. The van der Waals surface area contributed by atoms with E-state index in [1.807, 2.05) is 0 Å². The van der Waals surface area contributed by atoms with Gasteiger partial charge in [0.25, 0.3) is 0 Å². The molecule has 94 valence electrons. The predicted octanol–water partition coefficient (Wildman–Crippen LogP) is -0.235. The summed E-state index contributed by atoms with van der Waals surface area (Å²) in [7, 11) is 1.62. The van der Waals surface area contributed by atoms with Gasteiger partial charge in [0.1, 0.15) is 0 Å². The van der Waals surface area contributed by atoms with Gasteiger partial charge in [-0.25, -0.2) is 0 Å². The van der Waals surface area contributed by atoms with Crippen molar-refractivity contribution in [3.05, 3.63) is 0 Å². The Morgan fingerprint density at radius 3 is 3.12 bits per heavy atom. The zero-order chi connectivity index (χ0) is 11.6. The summed E-state index contributed by atoms with van der Waals surface area (Å²) in [5.74, 6) is 0.578. The lowest BCUT2D eigenvalue weighted by molar-refractivity contribution is -0.120. The molecule has 2 N–H and O–H groups in total.